The molecule has 0 aliphatic carbocycles. The summed E-state index contributed by atoms with van der Waals surface area (Å²) in [7, 11) is 0. The van der Waals surface area contributed by atoms with Crippen molar-refractivity contribution in [1.82, 2.24) is 20.7 Å². The first-order valence-electron chi connectivity index (χ1n) is 5.63. The molecule has 0 saturated carbocycles. The van der Waals surface area contributed by atoms with Crippen LogP contribution in [0, 0.1) is 5.82 Å². The van der Waals surface area contributed by atoms with Gasteiger partial charge in [0.2, 0.25) is 0 Å². The fourth-order valence-electron chi connectivity index (χ4n) is 1.76. The molecule has 2 N–H and O–H groups in total. The summed E-state index contributed by atoms with van der Waals surface area (Å²) in [6, 6.07) is 6.63. The van der Waals surface area contributed by atoms with E-state index in [1.807, 2.05) is 6.92 Å². The van der Waals surface area contributed by atoms with E-state index < -0.39 is 0 Å². The maximum atomic E-state index is 12.8. The van der Waals surface area contributed by atoms with Crippen molar-refractivity contribution >= 4 is 0 Å². The summed E-state index contributed by atoms with van der Waals surface area (Å²) in [6.07, 6.45) is 2.47. The van der Waals surface area contributed by atoms with Gasteiger partial charge in [-0.25, -0.2) is 4.39 Å². The minimum atomic E-state index is -0.213. The molecule has 0 saturated heterocycles. The molecular weight excluding hydrogens is 219 g/mol. The normalized spacial score (nSPS) is 12.6. The Balaban J connectivity index is 2.10. The lowest BCUT2D eigenvalue weighted by Crippen LogP contribution is -2.23. The fourth-order valence-corrected chi connectivity index (χ4v) is 1.76. The molecule has 4 nitrogen and oxygen atoms in total. The summed E-state index contributed by atoms with van der Waals surface area (Å²) in [5.74, 6) is -0.213. The van der Waals surface area contributed by atoms with Crippen LogP contribution in [0.15, 0.2) is 30.5 Å². The van der Waals surface area contributed by atoms with Gasteiger partial charge < -0.3 is 5.32 Å². The third-order valence-electron chi connectivity index (χ3n) is 2.59. The number of nitrogens with zero attached hydrogens (tertiary/aromatic N) is 2. The standard InChI is InChI=1S/C12H15FN4/c1-2-14-11(12-8-15-17-16-12)7-9-3-5-10(13)6-4-9/h3-6,8,11,14H,2,7H2,1H3,(H,15,16,17). The molecule has 0 amide bonds. The first-order valence-corrected chi connectivity index (χ1v) is 5.63. The van der Waals surface area contributed by atoms with Gasteiger partial charge in [0.15, 0.2) is 0 Å². The molecule has 2 rings (SSSR count). The van der Waals surface area contributed by atoms with Crippen LogP contribution >= 0.6 is 0 Å². The van der Waals surface area contributed by atoms with Gasteiger partial charge in [0, 0.05) is 0 Å². The second kappa shape index (κ2) is 5.54. The molecule has 1 heterocycles. The van der Waals surface area contributed by atoms with Crippen LogP contribution in [0.3, 0.4) is 0 Å². The topological polar surface area (TPSA) is 53.6 Å². The van der Waals surface area contributed by atoms with E-state index in [0.717, 1.165) is 24.2 Å². The van der Waals surface area contributed by atoms with Crippen molar-refractivity contribution in [2.24, 2.45) is 0 Å². The van der Waals surface area contributed by atoms with Crippen LogP contribution in [0.25, 0.3) is 0 Å². The van der Waals surface area contributed by atoms with E-state index in [9.17, 15) is 4.39 Å². The Morgan fingerprint density at radius 2 is 2.12 bits per heavy atom. The van der Waals surface area contributed by atoms with Gasteiger partial charge in [-0.05, 0) is 30.7 Å². The smallest absolute Gasteiger partial charge is 0.123 e. The van der Waals surface area contributed by atoms with Crippen LogP contribution in [0.1, 0.15) is 24.2 Å². The summed E-state index contributed by atoms with van der Waals surface area (Å²) in [5, 5.41) is 13.8. The highest BCUT2D eigenvalue weighted by Crippen LogP contribution is 2.15. The molecule has 17 heavy (non-hydrogen) atoms. The summed E-state index contributed by atoms with van der Waals surface area (Å²) in [4.78, 5) is 0. The number of aromatic amines is 1. The lowest BCUT2D eigenvalue weighted by Gasteiger charge is -2.15. The van der Waals surface area contributed by atoms with Gasteiger partial charge in [-0.1, -0.05) is 19.1 Å². The average Bonchev–Trinajstić information content (AvgIpc) is 2.85. The van der Waals surface area contributed by atoms with Gasteiger partial charge >= 0.3 is 0 Å². The van der Waals surface area contributed by atoms with Crippen LogP contribution in [0.5, 0.6) is 0 Å². The van der Waals surface area contributed by atoms with Gasteiger partial charge in [0.25, 0.3) is 0 Å². The van der Waals surface area contributed by atoms with Gasteiger partial charge in [0.05, 0.1) is 17.9 Å². The highest BCUT2D eigenvalue weighted by atomic mass is 19.1. The molecule has 90 valence electrons. The first kappa shape index (κ1) is 11.7. The Morgan fingerprint density at radius 3 is 2.71 bits per heavy atom. The largest absolute Gasteiger partial charge is 0.309 e. The monoisotopic (exact) mass is 234 g/mol. The Bertz CT molecular complexity index is 438. The van der Waals surface area contributed by atoms with Crippen LogP contribution < -0.4 is 5.32 Å². The third kappa shape index (κ3) is 3.10. The molecule has 0 bridgehead atoms. The molecular formula is C12H15FN4. The van der Waals surface area contributed by atoms with E-state index >= 15 is 0 Å². The fraction of sp³-hybridized carbons (Fsp3) is 0.333. The second-order valence-electron chi connectivity index (χ2n) is 3.84. The minimum absolute atomic E-state index is 0.101. The number of hydrogen-bond acceptors (Lipinski definition) is 3. The molecule has 1 aromatic carbocycles. The zero-order valence-electron chi connectivity index (χ0n) is 9.65. The van der Waals surface area contributed by atoms with Crippen molar-refractivity contribution in [2.75, 3.05) is 6.54 Å². The van der Waals surface area contributed by atoms with Crippen molar-refractivity contribution in [3.8, 4) is 0 Å². The molecule has 0 aliphatic rings. The van der Waals surface area contributed by atoms with E-state index in [2.05, 4.69) is 20.7 Å². The Hall–Kier alpha value is -1.75. The number of rotatable bonds is 5. The predicted octanol–water partition coefficient (Wildman–Crippen LogP) is 1.84. The van der Waals surface area contributed by atoms with E-state index in [1.54, 1.807) is 18.3 Å². The van der Waals surface area contributed by atoms with E-state index in [-0.39, 0.29) is 11.9 Å². The van der Waals surface area contributed by atoms with E-state index in [1.165, 1.54) is 12.1 Å². The number of aromatic nitrogens is 3. The molecule has 0 spiro atoms. The van der Waals surface area contributed by atoms with Gasteiger partial charge in [-0.15, -0.1) is 0 Å². The number of hydrogen-bond donors (Lipinski definition) is 2. The molecule has 2 aromatic rings. The minimum Gasteiger partial charge on any atom is -0.309 e. The lowest BCUT2D eigenvalue weighted by molar-refractivity contribution is 0.534. The second-order valence-corrected chi connectivity index (χ2v) is 3.84. The third-order valence-corrected chi connectivity index (χ3v) is 2.59. The summed E-state index contributed by atoms with van der Waals surface area (Å²) < 4.78 is 12.8. The predicted molar refractivity (Wildman–Crippen MR) is 62.9 cm³/mol. The maximum absolute atomic E-state index is 12.8. The maximum Gasteiger partial charge on any atom is 0.123 e. The molecule has 1 unspecified atom stereocenters. The van der Waals surface area contributed by atoms with Crippen molar-refractivity contribution in [1.29, 1.82) is 0 Å². The lowest BCUT2D eigenvalue weighted by atomic mass is 10.0. The Labute approximate surface area is 99.2 Å². The molecule has 0 aliphatic heterocycles. The highest BCUT2D eigenvalue weighted by Gasteiger charge is 2.13. The highest BCUT2D eigenvalue weighted by molar-refractivity contribution is 5.19. The van der Waals surface area contributed by atoms with E-state index in [4.69, 9.17) is 0 Å². The molecule has 5 heteroatoms. The van der Waals surface area contributed by atoms with Crippen LogP contribution in [-0.2, 0) is 6.42 Å². The number of H-pyrrole nitrogens is 1. The van der Waals surface area contributed by atoms with Crippen molar-refractivity contribution in [3.05, 3.63) is 47.5 Å². The van der Waals surface area contributed by atoms with Gasteiger partial charge in [0.1, 0.15) is 5.82 Å². The number of halogens is 1. The van der Waals surface area contributed by atoms with Crippen molar-refractivity contribution in [2.45, 2.75) is 19.4 Å². The molecule has 1 aromatic heterocycles. The van der Waals surface area contributed by atoms with Crippen molar-refractivity contribution in [3.63, 3.8) is 0 Å². The van der Waals surface area contributed by atoms with Gasteiger partial charge in [-0.3, -0.25) is 0 Å². The SMILES string of the molecule is CCNC(Cc1ccc(F)cc1)c1cn[nH]n1. The number of nitrogens with one attached hydrogen (secondary N) is 2. The van der Waals surface area contributed by atoms with Crippen LogP contribution in [-0.4, -0.2) is 22.0 Å². The number of likely N-dealkylation sites (N-methyl/N-ethyl adjacent to an activating group) is 1. The average molecular weight is 234 g/mol. The quantitative estimate of drug-likeness (QED) is 0.830. The Morgan fingerprint density at radius 1 is 1.35 bits per heavy atom. The Kier molecular flexibility index (Phi) is 3.82. The van der Waals surface area contributed by atoms with Crippen LogP contribution in [0.4, 0.5) is 4.39 Å². The van der Waals surface area contributed by atoms with Crippen LogP contribution in [0.2, 0.25) is 0 Å². The summed E-state index contributed by atoms with van der Waals surface area (Å²) >= 11 is 0. The van der Waals surface area contributed by atoms with E-state index in [0.29, 0.717) is 0 Å². The summed E-state index contributed by atoms with van der Waals surface area (Å²) in [5.41, 5.74) is 1.94. The zero-order chi connectivity index (χ0) is 12.1. The van der Waals surface area contributed by atoms with Gasteiger partial charge in [-0.2, -0.15) is 15.4 Å². The molecule has 1 atom stereocenters. The summed E-state index contributed by atoms with van der Waals surface area (Å²) in [6.45, 7) is 2.89. The molecule has 0 fully saturated rings. The zero-order valence-corrected chi connectivity index (χ0v) is 9.65. The molecule has 0 radical (unpaired) electrons. The van der Waals surface area contributed by atoms with Crippen molar-refractivity contribution < 1.29 is 4.39 Å². The number of benzene rings is 1. The first-order chi connectivity index (χ1) is 8.29.